The predicted octanol–water partition coefficient (Wildman–Crippen LogP) is 1.68. The van der Waals surface area contributed by atoms with Crippen molar-refractivity contribution in [3.05, 3.63) is 35.5 Å². The summed E-state index contributed by atoms with van der Waals surface area (Å²) in [6.07, 6.45) is 3.43. The fourth-order valence-corrected chi connectivity index (χ4v) is 2.43. The van der Waals surface area contributed by atoms with Crippen molar-refractivity contribution in [3.63, 3.8) is 0 Å². The zero-order chi connectivity index (χ0) is 12.5. The highest BCUT2D eigenvalue weighted by Gasteiger charge is 2.11. The third-order valence-corrected chi connectivity index (χ3v) is 3.43. The Morgan fingerprint density at radius 2 is 2.17 bits per heavy atom. The number of nitrogens with two attached hydrogens (primary N) is 1. The Morgan fingerprint density at radius 1 is 1.28 bits per heavy atom. The maximum Gasteiger partial charge on any atom is 0.255 e. The van der Waals surface area contributed by atoms with Crippen LogP contribution in [-0.4, -0.2) is 24.7 Å². The smallest absolute Gasteiger partial charge is 0.255 e. The molecule has 0 aliphatic heterocycles. The van der Waals surface area contributed by atoms with Gasteiger partial charge in [-0.05, 0) is 30.0 Å². The van der Waals surface area contributed by atoms with E-state index in [9.17, 15) is 0 Å². The lowest BCUT2D eigenvalue weighted by Crippen LogP contribution is -2.07. The fourth-order valence-electron chi connectivity index (χ4n) is 1.57. The normalized spacial score (nSPS) is 10.7. The summed E-state index contributed by atoms with van der Waals surface area (Å²) >= 11 is 1.58. The molecule has 90 valence electrons. The van der Waals surface area contributed by atoms with Crippen molar-refractivity contribution in [3.8, 4) is 16.6 Å². The van der Waals surface area contributed by atoms with E-state index >= 15 is 0 Å². The van der Waals surface area contributed by atoms with Crippen LogP contribution < -0.4 is 5.73 Å². The summed E-state index contributed by atoms with van der Waals surface area (Å²) in [5.41, 5.74) is 6.85. The van der Waals surface area contributed by atoms with Gasteiger partial charge in [0.2, 0.25) is 5.95 Å². The fraction of sp³-hybridized carbons (Fsp3) is 0.0909. The van der Waals surface area contributed by atoms with Gasteiger partial charge in [-0.25, -0.2) is 4.68 Å². The molecule has 0 bridgehead atoms. The number of thiophene rings is 1. The Labute approximate surface area is 107 Å². The number of rotatable bonds is 2. The molecule has 0 saturated carbocycles. The second kappa shape index (κ2) is 4.19. The van der Waals surface area contributed by atoms with Crippen molar-refractivity contribution in [1.29, 1.82) is 0 Å². The topological polar surface area (TPSA) is 82.5 Å². The molecule has 2 N–H and O–H groups in total. The summed E-state index contributed by atoms with van der Waals surface area (Å²) in [6.45, 7) is 2.01. The van der Waals surface area contributed by atoms with Crippen molar-refractivity contribution < 1.29 is 0 Å². The maximum atomic E-state index is 5.72. The van der Waals surface area contributed by atoms with Gasteiger partial charge in [-0.3, -0.25) is 0 Å². The van der Waals surface area contributed by atoms with E-state index in [1.807, 2.05) is 18.4 Å². The van der Waals surface area contributed by atoms with E-state index < -0.39 is 0 Å². The molecule has 0 unspecified atom stereocenters. The van der Waals surface area contributed by atoms with Gasteiger partial charge in [0.05, 0.1) is 4.88 Å². The molecule has 3 rings (SSSR count). The first-order valence-corrected chi connectivity index (χ1v) is 6.18. The Bertz CT molecular complexity index is 673. The second-order valence-electron chi connectivity index (χ2n) is 3.70. The van der Waals surface area contributed by atoms with Crippen LogP contribution in [0.5, 0.6) is 0 Å². The summed E-state index contributed by atoms with van der Waals surface area (Å²) in [6, 6.07) is 3.82. The minimum atomic E-state index is 0.193. The van der Waals surface area contributed by atoms with Crippen LogP contribution in [0.1, 0.15) is 5.56 Å². The minimum Gasteiger partial charge on any atom is -0.368 e. The second-order valence-corrected chi connectivity index (χ2v) is 4.62. The monoisotopic (exact) mass is 258 g/mol. The lowest BCUT2D eigenvalue weighted by molar-refractivity contribution is 0.802. The first-order valence-electron chi connectivity index (χ1n) is 5.30. The molecule has 0 saturated heterocycles. The molecule has 0 radical (unpaired) electrons. The highest BCUT2D eigenvalue weighted by Crippen LogP contribution is 2.26. The number of nitrogens with zero attached hydrogens (tertiary/aromatic N) is 5. The number of hydrogen-bond donors (Lipinski definition) is 1. The van der Waals surface area contributed by atoms with E-state index in [0.29, 0.717) is 11.8 Å². The van der Waals surface area contributed by atoms with Gasteiger partial charge in [0, 0.05) is 12.4 Å². The molecule has 3 aromatic rings. The molecule has 0 atom stereocenters. The van der Waals surface area contributed by atoms with Gasteiger partial charge < -0.3 is 5.73 Å². The molecule has 0 aliphatic carbocycles. The van der Waals surface area contributed by atoms with Crippen molar-refractivity contribution in [2.75, 3.05) is 5.73 Å². The average Bonchev–Trinajstić information content (AvgIpc) is 2.98. The number of nitrogen functional groups attached to an aromatic ring is 1. The molecular weight excluding hydrogens is 248 g/mol. The van der Waals surface area contributed by atoms with E-state index in [4.69, 9.17) is 5.73 Å². The van der Waals surface area contributed by atoms with Crippen LogP contribution in [0.25, 0.3) is 16.6 Å². The SMILES string of the molecule is Cc1ccsc1-c1nc(N)nc(-n2cccn2)n1. The molecule has 0 spiro atoms. The van der Waals surface area contributed by atoms with E-state index in [1.165, 1.54) is 0 Å². The van der Waals surface area contributed by atoms with Crippen LogP contribution in [0.15, 0.2) is 29.9 Å². The van der Waals surface area contributed by atoms with Crippen LogP contribution >= 0.6 is 11.3 Å². The number of anilines is 1. The van der Waals surface area contributed by atoms with E-state index in [2.05, 4.69) is 20.1 Å². The third-order valence-electron chi connectivity index (χ3n) is 2.42. The minimum absolute atomic E-state index is 0.193. The highest BCUT2D eigenvalue weighted by molar-refractivity contribution is 7.13. The highest BCUT2D eigenvalue weighted by atomic mass is 32.1. The molecule has 0 aromatic carbocycles. The first-order chi connectivity index (χ1) is 8.74. The summed E-state index contributed by atoms with van der Waals surface area (Å²) in [7, 11) is 0. The van der Waals surface area contributed by atoms with Crippen molar-refractivity contribution >= 4 is 17.3 Å². The van der Waals surface area contributed by atoms with Gasteiger partial charge in [0.15, 0.2) is 5.82 Å². The summed E-state index contributed by atoms with van der Waals surface area (Å²) in [5.74, 6) is 1.20. The number of aryl methyl sites for hydroxylation is 1. The Kier molecular flexibility index (Phi) is 2.52. The molecule has 18 heavy (non-hydrogen) atoms. The summed E-state index contributed by atoms with van der Waals surface area (Å²) in [4.78, 5) is 13.6. The van der Waals surface area contributed by atoms with Gasteiger partial charge in [-0.15, -0.1) is 11.3 Å². The maximum absolute atomic E-state index is 5.72. The Morgan fingerprint density at radius 3 is 2.83 bits per heavy atom. The standard InChI is InChI=1S/C11H10N6S/c1-7-3-6-18-8(7)9-14-10(12)16-11(15-9)17-5-2-4-13-17/h2-6H,1H3,(H2,12,14,15,16). The molecule has 3 aromatic heterocycles. The summed E-state index contributed by atoms with van der Waals surface area (Å²) < 4.78 is 1.56. The predicted molar refractivity (Wildman–Crippen MR) is 69.4 cm³/mol. The van der Waals surface area contributed by atoms with Crippen molar-refractivity contribution in [2.24, 2.45) is 0 Å². The molecule has 0 amide bonds. The number of hydrogen-bond acceptors (Lipinski definition) is 6. The zero-order valence-electron chi connectivity index (χ0n) is 9.61. The van der Waals surface area contributed by atoms with Crippen LogP contribution in [0.2, 0.25) is 0 Å². The Hall–Kier alpha value is -2.28. The van der Waals surface area contributed by atoms with Gasteiger partial charge in [-0.2, -0.15) is 20.1 Å². The molecule has 3 heterocycles. The number of aromatic nitrogens is 5. The average molecular weight is 258 g/mol. The molecule has 6 nitrogen and oxygen atoms in total. The lowest BCUT2D eigenvalue weighted by atomic mass is 10.3. The summed E-state index contributed by atoms with van der Waals surface area (Å²) in [5, 5.41) is 6.08. The molecular formula is C11H10N6S. The van der Waals surface area contributed by atoms with Crippen LogP contribution in [0.4, 0.5) is 5.95 Å². The third kappa shape index (κ3) is 1.84. The van der Waals surface area contributed by atoms with Crippen LogP contribution in [-0.2, 0) is 0 Å². The molecule has 7 heteroatoms. The van der Waals surface area contributed by atoms with E-state index in [-0.39, 0.29) is 5.95 Å². The van der Waals surface area contributed by atoms with Gasteiger partial charge in [0.1, 0.15) is 0 Å². The molecule has 0 fully saturated rings. The van der Waals surface area contributed by atoms with Crippen molar-refractivity contribution in [2.45, 2.75) is 6.92 Å². The quantitative estimate of drug-likeness (QED) is 0.756. The zero-order valence-corrected chi connectivity index (χ0v) is 10.4. The van der Waals surface area contributed by atoms with Crippen LogP contribution in [0, 0.1) is 6.92 Å². The van der Waals surface area contributed by atoms with Gasteiger partial charge in [-0.1, -0.05) is 0 Å². The van der Waals surface area contributed by atoms with Crippen LogP contribution in [0.3, 0.4) is 0 Å². The largest absolute Gasteiger partial charge is 0.368 e. The molecule has 0 aliphatic rings. The van der Waals surface area contributed by atoms with Gasteiger partial charge in [0.25, 0.3) is 5.95 Å². The van der Waals surface area contributed by atoms with E-state index in [1.54, 1.807) is 34.5 Å². The lowest BCUT2D eigenvalue weighted by Gasteiger charge is -2.04. The van der Waals surface area contributed by atoms with Gasteiger partial charge >= 0.3 is 0 Å². The van der Waals surface area contributed by atoms with E-state index in [0.717, 1.165) is 10.4 Å². The first kappa shape index (κ1) is 10.8. The Balaban J connectivity index is 2.15. The van der Waals surface area contributed by atoms with Crippen molar-refractivity contribution in [1.82, 2.24) is 24.7 Å².